The number of benzene rings is 1. The molecule has 4 amide bonds. The summed E-state index contributed by atoms with van der Waals surface area (Å²) in [5.41, 5.74) is 1.88. The third kappa shape index (κ3) is 4.61. The van der Waals surface area contributed by atoms with E-state index in [1.165, 1.54) is 22.6 Å². The van der Waals surface area contributed by atoms with Crippen molar-refractivity contribution in [3.8, 4) is 0 Å². The summed E-state index contributed by atoms with van der Waals surface area (Å²) in [6.07, 6.45) is 6.34. The van der Waals surface area contributed by atoms with E-state index in [1.807, 2.05) is 31.2 Å². The monoisotopic (exact) mass is 427 g/mol. The molecule has 0 aliphatic carbocycles. The second-order valence-corrected chi connectivity index (χ2v) is 9.35. The molecule has 168 valence electrons. The Balaban J connectivity index is 1.33. The van der Waals surface area contributed by atoms with Crippen LogP contribution in [0.25, 0.3) is 0 Å². The fraction of sp³-hybridized carbons (Fsp3) is 0.625. The van der Waals surface area contributed by atoms with E-state index in [9.17, 15) is 14.4 Å². The molecule has 3 fully saturated rings. The largest absolute Gasteiger partial charge is 0.342 e. The predicted molar refractivity (Wildman–Crippen MR) is 119 cm³/mol. The second-order valence-electron chi connectivity index (χ2n) is 9.35. The molecule has 1 aromatic rings. The van der Waals surface area contributed by atoms with E-state index in [0.29, 0.717) is 12.6 Å². The summed E-state index contributed by atoms with van der Waals surface area (Å²) < 4.78 is 0. The molecule has 7 nitrogen and oxygen atoms in total. The van der Waals surface area contributed by atoms with Gasteiger partial charge >= 0.3 is 6.03 Å². The Labute approximate surface area is 185 Å². The number of quaternary nitrogens is 1. The predicted octanol–water partition coefficient (Wildman–Crippen LogP) is 1.81. The maximum Gasteiger partial charge on any atom is 0.336 e. The number of imide groups is 1. The zero-order valence-electron chi connectivity index (χ0n) is 18.8. The lowest BCUT2D eigenvalue weighted by molar-refractivity contribution is -0.912. The van der Waals surface area contributed by atoms with Gasteiger partial charge in [-0.2, -0.15) is 0 Å². The van der Waals surface area contributed by atoms with Gasteiger partial charge in [-0.25, -0.2) is 9.69 Å². The highest BCUT2D eigenvalue weighted by atomic mass is 16.2. The van der Waals surface area contributed by atoms with Crippen LogP contribution in [0, 0.1) is 12.8 Å². The molecule has 1 atom stereocenters. The van der Waals surface area contributed by atoms with Gasteiger partial charge in [0, 0.05) is 37.5 Å². The van der Waals surface area contributed by atoms with Crippen molar-refractivity contribution in [3.05, 3.63) is 29.8 Å². The number of likely N-dealkylation sites (tertiary alicyclic amines) is 2. The Morgan fingerprint density at radius 1 is 1.00 bits per heavy atom. The second kappa shape index (κ2) is 9.39. The average molecular weight is 428 g/mol. The van der Waals surface area contributed by atoms with E-state index < -0.39 is 6.04 Å². The van der Waals surface area contributed by atoms with Gasteiger partial charge in [0.25, 0.3) is 5.91 Å². The number of amides is 4. The van der Waals surface area contributed by atoms with E-state index in [1.54, 1.807) is 11.8 Å². The molecule has 0 aromatic heterocycles. The SMILES string of the molecule is Cc1ccc(N2C(=O)N(C[NH+]3CCC(C(=O)N4CCCCCC4)CC3)C(=O)[C@@H]2C)cc1. The first-order valence-electron chi connectivity index (χ1n) is 11.8. The summed E-state index contributed by atoms with van der Waals surface area (Å²) in [5, 5.41) is 0. The number of nitrogens with one attached hydrogen (secondary N) is 1. The number of aryl methyl sites for hydroxylation is 1. The number of carbonyl (C=O) groups excluding carboxylic acids is 3. The summed E-state index contributed by atoms with van der Waals surface area (Å²) in [5.74, 6) is 0.268. The van der Waals surface area contributed by atoms with Crippen molar-refractivity contribution in [1.82, 2.24) is 9.80 Å². The number of nitrogens with zero attached hydrogens (tertiary/aromatic N) is 3. The lowest BCUT2D eigenvalue weighted by atomic mass is 9.95. The Morgan fingerprint density at radius 3 is 2.23 bits per heavy atom. The van der Waals surface area contributed by atoms with Gasteiger partial charge < -0.3 is 9.80 Å². The number of anilines is 1. The molecule has 3 heterocycles. The molecule has 4 rings (SSSR count). The maximum atomic E-state index is 13.1. The van der Waals surface area contributed by atoms with Crippen molar-refractivity contribution in [2.75, 3.05) is 37.7 Å². The van der Waals surface area contributed by atoms with Gasteiger partial charge in [0.15, 0.2) is 6.67 Å². The molecular formula is C24H35N4O3+. The first-order chi connectivity index (χ1) is 15.0. The third-order valence-corrected chi connectivity index (χ3v) is 7.10. The van der Waals surface area contributed by atoms with Gasteiger partial charge in [-0.3, -0.25) is 14.5 Å². The van der Waals surface area contributed by atoms with Crippen LogP contribution in [0.2, 0.25) is 0 Å². The molecule has 3 aliphatic rings. The van der Waals surface area contributed by atoms with Crippen LogP contribution in [0.1, 0.15) is 51.0 Å². The molecule has 0 spiro atoms. The highest BCUT2D eigenvalue weighted by molar-refractivity contribution is 6.13. The number of hydrogen-bond donors (Lipinski definition) is 1. The number of piperidine rings is 1. The Hall–Kier alpha value is -2.41. The third-order valence-electron chi connectivity index (χ3n) is 7.10. The average Bonchev–Trinajstić information content (AvgIpc) is 2.98. The topological polar surface area (TPSA) is 65.4 Å². The quantitative estimate of drug-likeness (QED) is 0.746. The van der Waals surface area contributed by atoms with Gasteiger partial charge in [-0.15, -0.1) is 0 Å². The molecule has 1 N–H and O–H groups in total. The highest BCUT2D eigenvalue weighted by Crippen LogP contribution is 2.25. The van der Waals surface area contributed by atoms with Gasteiger partial charge in [-0.1, -0.05) is 30.5 Å². The normalized spacial score (nSPS) is 27.5. The number of carbonyl (C=O) groups is 3. The minimum Gasteiger partial charge on any atom is -0.342 e. The summed E-state index contributed by atoms with van der Waals surface area (Å²) in [7, 11) is 0. The van der Waals surface area contributed by atoms with Crippen molar-refractivity contribution in [3.63, 3.8) is 0 Å². The van der Waals surface area contributed by atoms with Crippen LogP contribution in [-0.2, 0) is 9.59 Å². The Kier molecular flexibility index (Phi) is 6.60. The molecule has 3 saturated heterocycles. The molecular weight excluding hydrogens is 392 g/mol. The molecule has 0 unspecified atom stereocenters. The molecule has 0 saturated carbocycles. The standard InChI is InChI=1S/C24H34N4O3/c1-18-7-9-21(10-8-18)28-19(2)22(29)27(24(28)31)17-25-15-11-20(12-16-25)23(30)26-13-5-3-4-6-14-26/h7-10,19-20H,3-6,11-17H2,1-2H3/p+1/t19-/m0/s1. The van der Waals surface area contributed by atoms with Crippen molar-refractivity contribution in [2.45, 2.75) is 58.4 Å². The van der Waals surface area contributed by atoms with Crippen LogP contribution in [0.4, 0.5) is 10.5 Å². The fourth-order valence-electron chi connectivity index (χ4n) is 5.11. The van der Waals surface area contributed by atoms with Gasteiger partial charge in [-0.05, 0) is 38.8 Å². The van der Waals surface area contributed by atoms with Crippen LogP contribution in [0.3, 0.4) is 0 Å². The van der Waals surface area contributed by atoms with E-state index >= 15 is 0 Å². The van der Waals surface area contributed by atoms with Gasteiger partial charge in [0.2, 0.25) is 5.91 Å². The van der Waals surface area contributed by atoms with Crippen molar-refractivity contribution in [2.24, 2.45) is 5.92 Å². The van der Waals surface area contributed by atoms with Crippen LogP contribution in [-0.4, -0.2) is 66.5 Å². The van der Waals surface area contributed by atoms with Gasteiger partial charge in [0.05, 0.1) is 13.1 Å². The first kappa shape index (κ1) is 21.8. The van der Waals surface area contributed by atoms with E-state index in [2.05, 4.69) is 4.90 Å². The number of urea groups is 1. The lowest BCUT2D eigenvalue weighted by Crippen LogP contribution is -3.14. The molecule has 3 aliphatic heterocycles. The summed E-state index contributed by atoms with van der Waals surface area (Å²) in [6.45, 7) is 7.61. The van der Waals surface area contributed by atoms with E-state index in [0.717, 1.165) is 63.1 Å². The smallest absolute Gasteiger partial charge is 0.336 e. The molecule has 7 heteroatoms. The summed E-state index contributed by atoms with van der Waals surface area (Å²) in [4.78, 5) is 45.1. The zero-order valence-corrected chi connectivity index (χ0v) is 18.8. The van der Waals surface area contributed by atoms with Crippen LogP contribution in [0.15, 0.2) is 24.3 Å². The molecule has 1 aromatic carbocycles. The molecule has 31 heavy (non-hydrogen) atoms. The first-order valence-corrected chi connectivity index (χ1v) is 11.8. The minimum absolute atomic E-state index is 0.0924. The summed E-state index contributed by atoms with van der Waals surface area (Å²) >= 11 is 0. The van der Waals surface area contributed by atoms with Crippen molar-refractivity contribution >= 4 is 23.5 Å². The Bertz CT molecular complexity index is 809. The van der Waals surface area contributed by atoms with Crippen LogP contribution < -0.4 is 9.80 Å². The number of hydrogen-bond acceptors (Lipinski definition) is 3. The van der Waals surface area contributed by atoms with Crippen LogP contribution in [0.5, 0.6) is 0 Å². The number of rotatable bonds is 4. The summed E-state index contributed by atoms with van der Waals surface area (Å²) in [6, 6.07) is 6.98. The van der Waals surface area contributed by atoms with Crippen molar-refractivity contribution < 1.29 is 19.3 Å². The van der Waals surface area contributed by atoms with E-state index in [-0.39, 0.29) is 17.9 Å². The maximum absolute atomic E-state index is 13.1. The molecule has 0 bridgehead atoms. The van der Waals surface area contributed by atoms with Crippen LogP contribution >= 0.6 is 0 Å². The zero-order chi connectivity index (χ0) is 22.0. The van der Waals surface area contributed by atoms with E-state index in [4.69, 9.17) is 0 Å². The minimum atomic E-state index is -0.489. The van der Waals surface area contributed by atoms with Crippen molar-refractivity contribution in [1.29, 1.82) is 0 Å². The van der Waals surface area contributed by atoms with Gasteiger partial charge in [0.1, 0.15) is 6.04 Å². The molecule has 0 radical (unpaired) electrons. The highest BCUT2D eigenvalue weighted by Gasteiger charge is 2.45. The lowest BCUT2D eigenvalue weighted by Gasteiger charge is -2.33. The fourth-order valence-corrected chi connectivity index (χ4v) is 5.11. The Morgan fingerprint density at radius 2 is 1.61 bits per heavy atom.